The molecule has 0 aromatic heterocycles. The van der Waals surface area contributed by atoms with Crippen molar-refractivity contribution in [3.05, 3.63) is 70.7 Å². The highest BCUT2D eigenvalue weighted by Crippen LogP contribution is 2.27. The second kappa shape index (κ2) is 7.60. The molecule has 0 aliphatic heterocycles. The van der Waals surface area contributed by atoms with Crippen LogP contribution in [0.25, 0.3) is 0 Å². The molecular weight excluding hydrogens is 280 g/mol. The number of rotatable bonds is 6. The largest absolute Gasteiger partial charge is 0.326 e. The molecule has 0 saturated carbocycles. The van der Waals surface area contributed by atoms with Gasteiger partial charge in [-0.1, -0.05) is 61.0 Å². The van der Waals surface area contributed by atoms with Gasteiger partial charge in [-0.05, 0) is 36.7 Å². The summed E-state index contributed by atoms with van der Waals surface area (Å²) in [6, 6.07) is 18.7. The van der Waals surface area contributed by atoms with Gasteiger partial charge in [0, 0.05) is 23.7 Å². The fourth-order valence-corrected chi connectivity index (χ4v) is 2.91. The van der Waals surface area contributed by atoms with Crippen LogP contribution >= 0.6 is 11.6 Å². The summed E-state index contributed by atoms with van der Waals surface area (Å²) in [5, 5.41) is 0.758. The number of likely N-dealkylation sites (N-methyl/N-ethyl adjacent to an activating group) is 1. The molecule has 3 heteroatoms. The Bertz CT molecular complexity index is 556. The summed E-state index contributed by atoms with van der Waals surface area (Å²) in [6.07, 6.45) is 0.927. The molecule has 2 N–H and O–H groups in total. The summed E-state index contributed by atoms with van der Waals surface area (Å²) >= 11 is 6.14. The minimum absolute atomic E-state index is 0.0807. The highest BCUT2D eigenvalue weighted by molar-refractivity contribution is 6.30. The maximum absolute atomic E-state index is 6.37. The number of hydrogen-bond acceptors (Lipinski definition) is 2. The first-order valence-corrected chi connectivity index (χ1v) is 7.74. The lowest BCUT2D eigenvalue weighted by Crippen LogP contribution is -2.38. The van der Waals surface area contributed by atoms with Crippen LogP contribution < -0.4 is 5.73 Å². The molecule has 2 aromatic rings. The molecule has 0 amide bonds. The molecular formula is C18H23ClN2. The van der Waals surface area contributed by atoms with E-state index in [0.717, 1.165) is 18.0 Å². The van der Waals surface area contributed by atoms with Crippen molar-refractivity contribution in [1.29, 1.82) is 0 Å². The molecule has 0 spiro atoms. The Kier molecular flexibility index (Phi) is 5.80. The number of nitrogens with two attached hydrogens (primary N) is 1. The van der Waals surface area contributed by atoms with Gasteiger partial charge < -0.3 is 5.73 Å². The van der Waals surface area contributed by atoms with Gasteiger partial charge >= 0.3 is 0 Å². The van der Waals surface area contributed by atoms with Crippen LogP contribution in [0.15, 0.2) is 54.6 Å². The Labute approximate surface area is 132 Å². The first kappa shape index (κ1) is 16.0. The molecule has 0 saturated heterocycles. The standard InChI is InChI=1S/C18H23ClN2/c1-3-17(20)18(15-10-7-11-16(19)12-15)21(2)13-14-8-5-4-6-9-14/h4-12,17-18H,3,13,20H2,1-2H3. The summed E-state index contributed by atoms with van der Waals surface area (Å²) in [4.78, 5) is 2.30. The molecule has 0 bridgehead atoms. The predicted octanol–water partition coefficient (Wildman–Crippen LogP) is 4.25. The molecule has 0 heterocycles. The normalized spacial score (nSPS) is 14.1. The Morgan fingerprint density at radius 3 is 2.43 bits per heavy atom. The van der Waals surface area contributed by atoms with Crippen molar-refractivity contribution >= 4 is 11.6 Å². The molecule has 0 fully saturated rings. The molecule has 2 atom stereocenters. The molecule has 21 heavy (non-hydrogen) atoms. The second-order valence-electron chi connectivity index (χ2n) is 5.47. The Morgan fingerprint density at radius 2 is 1.81 bits per heavy atom. The lowest BCUT2D eigenvalue weighted by Gasteiger charge is -2.33. The maximum Gasteiger partial charge on any atom is 0.0500 e. The Hall–Kier alpha value is -1.35. The van der Waals surface area contributed by atoms with E-state index in [1.165, 1.54) is 11.1 Å². The van der Waals surface area contributed by atoms with Gasteiger partial charge in [-0.2, -0.15) is 0 Å². The lowest BCUT2D eigenvalue weighted by atomic mass is 9.96. The fraction of sp³-hybridized carbons (Fsp3) is 0.333. The van der Waals surface area contributed by atoms with Gasteiger partial charge in [-0.15, -0.1) is 0 Å². The zero-order valence-electron chi connectivity index (χ0n) is 12.7. The van der Waals surface area contributed by atoms with Crippen LogP contribution in [0.4, 0.5) is 0 Å². The highest BCUT2D eigenvalue weighted by atomic mass is 35.5. The van der Waals surface area contributed by atoms with E-state index in [-0.39, 0.29) is 12.1 Å². The van der Waals surface area contributed by atoms with Crippen molar-refractivity contribution in [2.45, 2.75) is 32.0 Å². The quantitative estimate of drug-likeness (QED) is 0.864. The van der Waals surface area contributed by atoms with E-state index in [4.69, 9.17) is 17.3 Å². The highest BCUT2D eigenvalue weighted by Gasteiger charge is 2.23. The Balaban J connectivity index is 2.23. The molecule has 2 nitrogen and oxygen atoms in total. The first-order valence-electron chi connectivity index (χ1n) is 7.37. The average molecular weight is 303 g/mol. The van der Waals surface area contributed by atoms with Crippen LogP contribution in [0.5, 0.6) is 0 Å². The molecule has 0 aliphatic rings. The zero-order valence-corrected chi connectivity index (χ0v) is 13.4. The molecule has 0 radical (unpaired) electrons. The second-order valence-corrected chi connectivity index (χ2v) is 5.91. The minimum atomic E-state index is 0.0807. The van der Waals surface area contributed by atoms with E-state index in [9.17, 15) is 0 Å². The number of benzene rings is 2. The third-order valence-electron chi connectivity index (χ3n) is 3.82. The molecule has 2 aromatic carbocycles. The van der Waals surface area contributed by atoms with Crippen LogP contribution in [0.2, 0.25) is 5.02 Å². The van der Waals surface area contributed by atoms with Crippen molar-refractivity contribution in [3.8, 4) is 0 Å². The number of hydrogen-bond donors (Lipinski definition) is 1. The van der Waals surface area contributed by atoms with Gasteiger partial charge in [0.1, 0.15) is 0 Å². The van der Waals surface area contributed by atoms with Crippen molar-refractivity contribution in [1.82, 2.24) is 4.90 Å². The number of halogens is 1. The van der Waals surface area contributed by atoms with Crippen LogP contribution in [0.1, 0.15) is 30.5 Å². The smallest absolute Gasteiger partial charge is 0.0500 e. The van der Waals surface area contributed by atoms with E-state index in [2.05, 4.69) is 49.2 Å². The third kappa shape index (κ3) is 4.31. The topological polar surface area (TPSA) is 29.3 Å². The average Bonchev–Trinajstić information content (AvgIpc) is 2.48. The van der Waals surface area contributed by atoms with Gasteiger partial charge in [0.2, 0.25) is 0 Å². The molecule has 112 valence electrons. The summed E-state index contributed by atoms with van der Waals surface area (Å²) in [5.74, 6) is 0. The van der Waals surface area contributed by atoms with Crippen LogP contribution in [0, 0.1) is 0 Å². The van der Waals surface area contributed by atoms with Gasteiger partial charge in [0.05, 0.1) is 0 Å². The van der Waals surface area contributed by atoms with Gasteiger partial charge in [-0.25, -0.2) is 0 Å². The summed E-state index contributed by atoms with van der Waals surface area (Å²) in [5.41, 5.74) is 8.83. The fourth-order valence-electron chi connectivity index (χ4n) is 2.71. The zero-order chi connectivity index (χ0) is 15.2. The van der Waals surface area contributed by atoms with Gasteiger partial charge in [0.25, 0.3) is 0 Å². The van der Waals surface area contributed by atoms with Crippen molar-refractivity contribution < 1.29 is 0 Å². The van der Waals surface area contributed by atoms with Crippen LogP contribution in [0.3, 0.4) is 0 Å². The first-order chi connectivity index (χ1) is 10.1. The minimum Gasteiger partial charge on any atom is -0.326 e. The maximum atomic E-state index is 6.37. The summed E-state index contributed by atoms with van der Waals surface area (Å²) < 4.78 is 0. The van der Waals surface area contributed by atoms with E-state index < -0.39 is 0 Å². The van der Waals surface area contributed by atoms with Gasteiger partial charge in [0.15, 0.2) is 0 Å². The molecule has 2 rings (SSSR count). The third-order valence-corrected chi connectivity index (χ3v) is 4.05. The monoisotopic (exact) mass is 302 g/mol. The van der Waals surface area contributed by atoms with Gasteiger partial charge in [-0.3, -0.25) is 4.90 Å². The Morgan fingerprint density at radius 1 is 1.10 bits per heavy atom. The molecule has 2 unspecified atom stereocenters. The van der Waals surface area contributed by atoms with Crippen LogP contribution in [-0.2, 0) is 6.54 Å². The van der Waals surface area contributed by atoms with E-state index in [1.54, 1.807) is 0 Å². The molecule has 0 aliphatic carbocycles. The predicted molar refractivity (Wildman–Crippen MR) is 90.4 cm³/mol. The van der Waals surface area contributed by atoms with Crippen molar-refractivity contribution in [3.63, 3.8) is 0 Å². The lowest BCUT2D eigenvalue weighted by molar-refractivity contribution is 0.201. The number of nitrogens with zero attached hydrogens (tertiary/aromatic N) is 1. The summed E-state index contributed by atoms with van der Waals surface area (Å²) in [6.45, 7) is 2.99. The van der Waals surface area contributed by atoms with Crippen molar-refractivity contribution in [2.24, 2.45) is 5.73 Å². The SMILES string of the molecule is CCC(N)C(c1cccc(Cl)c1)N(C)Cc1ccccc1. The summed E-state index contributed by atoms with van der Waals surface area (Å²) in [7, 11) is 2.12. The van der Waals surface area contributed by atoms with Crippen molar-refractivity contribution in [2.75, 3.05) is 7.05 Å². The van der Waals surface area contributed by atoms with E-state index in [1.807, 2.05) is 24.3 Å². The van der Waals surface area contributed by atoms with E-state index in [0.29, 0.717) is 0 Å². The van der Waals surface area contributed by atoms with E-state index >= 15 is 0 Å². The van der Waals surface area contributed by atoms with Crippen LogP contribution in [-0.4, -0.2) is 18.0 Å².